The van der Waals surface area contributed by atoms with Gasteiger partial charge in [-0.1, -0.05) is 12.1 Å². The van der Waals surface area contributed by atoms with Crippen LogP contribution in [-0.2, 0) is 9.53 Å². The van der Waals surface area contributed by atoms with E-state index in [0.29, 0.717) is 6.61 Å². The van der Waals surface area contributed by atoms with Crippen LogP contribution in [0.25, 0.3) is 0 Å². The van der Waals surface area contributed by atoms with E-state index in [-0.39, 0.29) is 12.0 Å². The monoisotopic (exact) mass is 292 g/mol. The molecule has 0 aliphatic carbocycles. The summed E-state index contributed by atoms with van der Waals surface area (Å²) in [5.41, 5.74) is 1.99. The van der Waals surface area contributed by atoms with Crippen molar-refractivity contribution in [2.75, 3.05) is 39.9 Å². The molecular formula is C16H24N2O3. The summed E-state index contributed by atoms with van der Waals surface area (Å²) in [6.07, 6.45) is 0. The van der Waals surface area contributed by atoms with Crippen molar-refractivity contribution in [3.05, 3.63) is 29.3 Å². The summed E-state index contributed by atoms with van der Waals surface area (Å²) in [6.45, 7) is 7.70. The average molecular weight is 292 g/mol. The predicted octanol–water partition coefficient (Wildman–Crippen LogP) is 1.51. The molecule has 1 aliphatic heterocycles. The van der Waals surface area contributed by atoms with Crippen molar-refractivity contribution in [1.29, 1.82) is 0 Å². The molecule has 2 rings (SSSR count). The first-order valence-corrected chi connectivity index (χ1v) is 7.43. The van der Waals surface area contributed by atoms with Crippen molar-refractivity contribution >= 4 is 5.97 Å². The molecule has 1 aromatic carbocycles. The third-order valence-electron chi connectivity index (χ3n) is 3.76. The van der Waals surface area contributed by atoms with E-state index in [1.54, 1.807) is 7.11 Å². The highest BCUT2D eigenvalue weighted by Gasteiger charge is 2.30. The molecule has 21 heavy (non-hydrogen) atoms. The number of hydrogen-bond donors (Lipinski definition) is 1. The zero-order valence-electron chi connectivity index (χ0n) is 13.0. The third kappa shape index (κ3) is 3.74. The predicted molar refractivity (Wildman–Crippen MR) is 81.5 cm³/mol. The van der Waals surface area contributed by atoms with E-state index in [4.69, 9.17) is 9.47 Å². The number of nitrogens with zero attached hydrogens (tertiary/aromatic N) is 1. The Hall–Kier alpha value is -1.59. The second kappa shape index (κ2) is 7.43. The Morgan fingerprint density at radius 2 is 2.10 bits per heavy atom. The summed E-state index contributed by atoms with van der Waals surface area (Å²) in [6, 6.07) is 5.55. The largest absolute Gasteiger partial charge is 0.496 e. The van der Waals surface area contributed by atoms with Crippen LogP contribution in [0.4, 0.5) is 0 Å². The van der Waals surface area contributed by atoms with Crippen molar-refractivity contribution in [1.82, 2.24) is 10.2 Å². The normalized spacial score (nSPS) is 17.3. The van der Waals surface area contributed by atoms with Crippen molar-refractivity contribution in [2.24, 2.45) is 0 Å². The lowest BCUT2D eigenvalue weighted by Gasteiger charge is -2.33. The molecule has 1 fully saturated rings. The van der Waals surface area contributed by atoms with E-state index < -0.39 is 0 Å². The molecule has 116 valence electrons. The number of methoxy groups -OCH3 is 1. The molecule has 1 unspecified atom stereocenters. The first-order valence-electron chi connectivity index (χ1n) is 7.43. The number of rotatable bonds is 5. The lowest BCUT2D eigenvalue weighted by atomic mass is 10.0. The van der Waals surface area contributed by atoms with Gasteiger partial charge in [-0.15, -0.1) is 0 Å². The van der Waals surface area contributed by atoms with E-state index in [0.717, 1.165) is 43.1 Å². The lowest BCUT2D eigenvalue weighted by Crippen LogP contribution is -2.47. The van der Waals surface area contributed by atoms with E-state index in [1.807, 2.05) is 32.0 Å². The zero-order chi connectivity index (χ0) is 15.2. The first kappa shape index (κ1) is 15.8. The van der Waals surface area contributed by atoms with Crippen LogP contribution >= 0.6 is 0 Å². The Bertz CT molecular complexity index is 484. The Kier molecular flexibility index (Phi) is 5.59. The number of hydrogen-bond acceptors (Lipinski definition) is 5. The molecule has 1 aromatic rings. The lowest BCUT2D eigenvalue weighted by molar-refractivity contribution is -0.150. The van der Waals surface area contributed by atoms with Crippen molar-refractivity contribution < 1.29 is 14.3 Å². The van der Waals surface area contributed by atoms with Crippen LogP contribution in [0, 0.1) is 6.92 Å². The fourth-order valence-corrected chi connectivity index (χ4v) is 2.73. The number of nitrogens with one attached hydrogen (secondary N) is 1. The maximum Gasteiger partial charge on any atom is 0.328 e. The Balaban J connectivity index is 2.29. The van der Waals surface area contributed by atoms with Gasteiger partial charge in [0.2, 0.25) is 0 Å². The highest BCUT2D eigenvalue weighted by molar-refractivity contribution is 5.78. The second-order valence-corrected chi connectivity index (χ2v) is 5.17. The minimum Gasteiger partial charge on any atom is -0.496 e. The van der Waals surface area contributed by atoms with Crippen LogP contribution in [0.15, 0.2) is 18.2 Å². The molecule has 0 saturated carbocycles. The van der Waals surface area contributed by atoms with Gasteiger partial charge in [-0.2, -0.15) is 0 Å². The Labute approximate surface area is 126 Å². The van der Waals surface area contributed by atoms with Gasteiger partial charge >= 0.3 is 5.97 Å². The van der Waals surface area contributed by atoms with E-state index in [1.165, 1.54) is 0 Å². The number of benzene rings is 1. The van der Waals surface area contributed by atoms with Crippen LogP contribution in [0.3, 0.4) is 0 Å². The molecule has 1 saturated heterocycles. The molecule has 1 atom stereocenters. The van der Waals surface area contributed by atoms with E-state index in [2.05, 4.69) is 10.2 Å². The van der Waals surface area contributed by atoms with E-state index in [9.17, 15) is 4.79 Å². The molecular weight excluding hydrogens is 268 g/mol. The highest BCUT2D eigenvalue weighted by atomic mass is 16.5. The summed E-state index contributed by atoms with van der Waals surface area (Å²) >= 11 is 0. The standard InChI is InChI=1S/C16H24N2O3/c1-4-21-16(19)15(18-9-7-17-8-10-18)13-5-6-14(20-3)12(2)11-13/h5-6,11,15,17H,4,7-10H2,1-3H3. The van der Waals surface area contributed by atoms with Gasteiger partial charge in [-0.25, -0.2) is 4.79 Å². The summed E-state index contributed by atoms with van der Waals surface area (Å²) in [7, 11) is 1.65. The van der Waals surface area contributed by atoms with Gasteiger partial charge in [-0.05, 0) is 31.0 Å². The Morgan fingerprint density at radius 1 is 1.38 bits per heavy atom. The molecule has 1 N–H and O–H groups in total. The zero-order valence-corrected chi connectivity index (χ0v) is 13.0. The minimum atomic E-state index is -0.336. The first-order chi connectivity index (χ1) is 10.2. The van der Waals surface area contributed by atoms with Crippen LogP contribution in [-0.4, -0.2) is 50.8 Å². The highest BCUT2D eigenvalue weighted by Crippen LogP contribution is 2.27. The fraction of sp³-hybridized carbons (Fsp3) is 0.562. The third-order valence-corrected chi connectivity index (χ3v) is 3.76. The number of carbonyl (C=O) groups is 1. The number of ether oxygens (including phenoxy) is 2. The molecule has 1 heterocycles. The summed E-state index contributed by atoms with van der Waals surface area (Å²) in [5, 5.41) is 3.31. The summed E-state index contributed by atoms with van der Waals surface area (Å²) in [5.74, 6) is 0.658. The quantitative estimate of drug-likeness (QED) is 0.834. The number of esters is 1. The SMILES string of the molecule is CCOC(=O)C(c1ccc(OC)c(C)c1)N1CCNCC1. The molecule has 5 heteroatoms. The van der Waals surface area contributed by atoms with Gasteiger partial charge in [-0.3, -0.25) is 4.90 Å². The minimum absolute atomic E-state index is 0.177. The fourth-order valence-electron chi connectivity index (χ4n) is 2.73. The average Bonchev–Trinajstić information content (AvgIpc) is 2.49. The molecule has 1 aliphatic rings. The molecule has 5 nitrogen and oxygen atoms in total. The van der Waals surface area contributed by atoms with Crippen molar-refractivity contribution in [2.45, 2.75) is 19.9 Å². The van der Waals surface area contributed by atoms with Crippen LogP contribution in [0.1, 0.15) is 24.1 Å². The van der Waals surface area contributed by atoms with Gasteiger partial charge in [0.05, 0.1) is 13.7 Å². The number of piperazine rings is 1. The molecule has 0 aromatic heterocycles. The topological polar surface area (TPSA) is 50.8 Å². The van der Waals surface area contributed by atoms with Gasteiger partial charge in [0.25, 0.3) is 0 Å². The number of carbonyl (C=O) groups excluding carboxylic acids is 1. The van der Waals surface area contributed by atoms with Gasteiger partial charge in [0.1, 0.15) is 11.8 Å². The van der Waals surface area contributed by atoms with Crippen molar-refractivity contribution in [3.63, 3.8) is 0 Å². The second-order valence-electron chi connectivity index (χ2n) is 5.17. The summed E-state index contributed by atoms with van der Waals surface area (Å²) in [4.78, 5) is 14.6. The van der Waals surface area contributed by atoms with Crippen LogP contribution < -0.4 is 10.1 Å². The Morgan fingerprint density at radius 3 is 2.67 bits per heavy atom. The molecule has 0 amide bonds. The van der Waals surface area contributed by atoms with Crippen LogP contribution in [0.5, 0.6) is 5.75 Å². The van der Waals surface area contributed by atoms with Gasteiger partial charge in [0, 0.05) is 26.2 Å². The van der Waals surface area contributed by atoms with Crippen LogP contribution in [0.2, 0.25) is 0 Å². The molecule has 0 bridgehead atoms. The van der Waals surface area contributed by atoms with E-state index >= 15 is 0 Å². The van der Waals surface area contributed by atoms with Gasteiger partial charge < -0.3 is 14.8 Å². The van der Waals surface area contributed by atoms with Crippen molar-refractivity contribution in [3.8, 4) is 5.75 Å². The molecule has 0 spiro atoms. The van der Waals surface area contributed by atoms with Gasteiger partial charge in [0.15, 0.2) is 0 Å². The summed E-state index contributed by atoms with van der Waals surface area (Å²) < 4.78 is 10.6. The number of aryl methyl sites for hydroxylation is 1. The molecule has 0 radical (unpaired) electrons. The maximum atomic E-state index is 12.4. The maximum absolute atomic E-state index is 12.4. The smallest absolute Gasteiger partial charge is 0.328 e.